The van der Waals surface area contributed by atoms with Crippen LogP contribution in [-0.4, -0.2) is 59.7 Å². The maximum Gasteiger partial charge on any atom is 0.506 e. The van der Waals surface area contributed by atoms with Gasteiger partial charge in [-0.1, -0.05) is 0 Å². The molecule has 1 radical (unpaired) electrons. The molecule has 1 unspecified atom stereocenters. The van der Waals surface area contributed by atoms with Crippen molar-refractivity contribution in [2.75, 3.05) is 26.2 Å². The SMILES string of the molecule is [O]CC(O)CN1CC(OC(=O)O)C1. The molecule has 1 aliphatic heterocycles. The summed E-state index contributed by atoms with van der Waals surface area (Å²) in [5, 5.41) is 27.3. The second-order valence-corrected chi connectivity index (χ2v) is 3.04. The fourth-order valence-electron chi connectivity index (χ4n) is 1.24. The van der Waals surface area contributed by atoms with Crippen molar-refractivity contribution in [3.63, 3.8) is 0 Å². The Morgan fingerprint density at radius 2 is 2.23 bits per heavy atom. The number of likely N-dealkylation sites (tertiary alicyclic amines) is 1. The van der Waals surface area contributed by atoms with E-state index in [1.807, 2.05) is 0 Å². The van der Waals surface area contributed by atoms with E-state index in [1.54, 1.807) is 4.90 Å². The van der Waals surface area contributed by atoms with Crippen LogP contribution < -0.4 is 0 Å². The number of nitrogens with zero attached hydrogens (tertiary/aromatic N) is 1. The lowest BCUT2D eigenvalue weighted by molar-refractivity contribution is -0.0568. The number of β-amino-alcohol motifs (C(OH)–C–C–N with tert-alkyl or cyclic N) is 1. The first-order valence-electron chi connectivity index (χ1n) is 4.00. The smallest absolute Gasteiger partial charge is 0.450 e. The number of aliphatic hydroxyl groups is 1. The van der Waals surface area contributed by atoms with E-state index in [2.05, 4.69) is 4.74 Å². The molecule has 0 amide bonds. The van der Waals surface area contributed by atoms with Gasteiger partial charge in [0.2, 0.25) is 0 Å². The van der Waals surface area contributed by atoms with Crippen molar-refractivity contribution < 1.29 is 24.9 Å². The number of aliphatic hydroxyl groups excluding tert-OH is 1. The molecule has 2 N–H and O–H groups in total. The molecule has 0 aromatic rings. The van der Waals surface area contributed by atoms with Gasteiger partial charge in [0.25, 0.3) is 0 Å². The quantitative estimate of drug-likeness (QED) is 0.564. The van der Waals surface area contributed by atoms with E-state index < -0.39 is 18.9 Å². The van der Waals surface area contributed by atoms with Gasteiger partial charge in [-0.15, -0.1) is 0 Å². The molecule has 0 aromatic heterocycles. The van der Waals surface area contributed by atoms with Crippen LogP contribution in [-0.2, 0) is 9.84 Å². The summed E-state index contributed by atoms with van der Waals surface area (Å²) in [5.41, 5.74) is 0. The molecule has 75 valence electrons. The van der Waals surface area contributed by atoms with Crippen LogP contribution in [0.5, 0.6) is 0 Å². The van der Waals surface area contributed by atoms with Crippen LogP contribution in [0.3, 0.4) is 0 Å². The zero-order valence-electron chi connectivity index (χ0n) is 7.05. The van der Waals surface area contributed by atoms with Gasteiger partial charge in [-0.05, 0) is 0 Å². The molecule has 0 aromatic carbocycles. The summed E-state index contributed by atoms with van der Waals surface area (Å²) in [7, 11) is 0. The number of hydrogen-bond donors (Lipinski definition) is 2. The molecular weight excluding hydrogens is 178 g/mol. The molecule has 1 aliphatic rings. The van der Waals surface area contributed by atoms with E-state index in [-0.39, 0.29) is 6.10 Å². The Balaban J connectivity index is 2.08. The summed E-state index contributed by atoms with van der Waals surface area (Å²) in [6, 6.07) is 0. The van der Waals surface area contributed by atoms with Gasteiger partial charge in [0.05, 0.1) is 6.10 Å². The van der Waals surface area contributed by atoms with Gasteiger partial charge in [0.15, 0.2) is 0 Å². The zero-order chi connectivity index (χ0) is 9.84. The topological polar surface area (TPSA) is 89.9 Å². The van der Waals surface area contributed by atoms with Crippen LogP contribution in [0.2, 0.25) is 0 Å². The number of carbonyl (C=O) groups is 1. The maximum absolute atomic E-state index is 10.2. The predicted molar refractivity (Wildman–Crippen MR) is 40.9 cm³/mol. The van der Waals surface area contributed by atoms with Crippen LogP contribution >= 0.6 is 0 Å². The number of hydrogen-bond acceptors (Lipinski definition) is 4. The summed E-state index contributed by atoms with van der Waals surface area (Å²) in [6.45, 7) is 0.691. The lowest BCUT2D eigenvalue weighted by atomic mass is 10.1. The lowest BCUT2D eigenvalue weighted by Crippen LogP contribution is -2.55. The van der Waals surface area contributed by atoms with Gasteiger partial charge in [0, 0.05) is 19.6 Å². The first-order valence-corrected chi connectivity index (χ1v) is 4.00. The van der Waals surface area contributed by atoms with E-state index in [1.165, 1.54) is 0 Å². The minimum Gasteiger partial charge on any atom is -0.450 e. The Bertz CT molecular complexity index is 180. The molecule has 1 rings (SSSR count). The molecular formula is C7H12NO5. The van der Waals surface area contributed by atoms with Crippen LogP contribution in [0.15, 0.2) is 0 Å². The van der Waals surface area contributed by atoms with Crippen molar-refractivity contribution in [3.05, 3.63) is 0 Å². The Morgan fingerprint density at radius 1 is 1.62 bits per heavy atom. The Labute approximate surface area is 75.3 Å². The lowest BCUT2D eigenvalue weighted by Gasteiger charge is -2.38. The Hall–Kier alpha value is -0.850. The molecule has 6 heteroatoms. The minimum absolute atomic E-state index is 0.295. The normalized spacial score (nSPS) is 20.8. The molecule has 1 heterocycles. The van der Waals surface area contributed by atoms with Gasteiger partial charge < -0.3 is 14.9 Å². The molecule has 6 nitrogen and oxygen atoms in total. The summed E-state index contributed by atoms with van der Waals surface area (Å²) in [5.74, 6) is 0. The third kappa shape index (κ3) is 3.17. The summed E-state index contributed by atoms with van der Waals surface area (Å²) in [6.07, 6.45) is -2.46. The predicted octanol–water partition coefficient (Wildman–Crippen LogP) is -0.843. The van der Waals surface area contributed by atoms with Crippen molar-refractivity contribution in [1.82, 2.24) is 4.90 Å². The third-order valence-electron chi connectivity index (χ3n) is 1.85. The molecule has 1 atom stereocenters. The number of carboxylic acid groups (broad SMARTS) is 1. The van der Waals surface area contributed by atoms with Crippen molar-refractivity contribution in [3.8, 4) is 0 Å². The first kappa shape index (κ1) is 10.2. The van der Waals surface area contributed by atoms with Gasteiger partial charge in [-0.2, -0.15) is 0 Å². The highest BCUT2D eigenvalue weighted by Crippen LogP contribution is 2.11. The standard InChI is InChI=1S/C7H12NO5/c9-4-5(10)1-8-2-6(3-8)13-7(11)12/h5-6,10H,1-4H2,(H,11,12). The maximum atomic E-state index is 10.2. The zero-order valence-corrected chi connectivity index (χ0v) is 7.05. The Morgan fingerprint density at radius 3 is 2.69 bits per heavy atom. The van der Waals surface area contributed by atoms with E-state index in [0.29, 0.717) is 19.6 Å². The molecule has 0 spiro atoms. The second-order valence-electron chi connectivity index (χ2n) is 3.04. The van der Waals surface area contributed by atoms with Crippen LogP contribution in [0.25, 0.3) is 0 Å². The van der Waals surface area contributed by atoms with E-state index >= 15 is 0 Å². The highest BCUT2D eigenvalue weighted by molar-refractivity contribution is 5.57. The fraction of sp³-hybridized carbons (Fsp3) is 0.857. The summed E-state index contributed by atoms with van der Waals surface area (Å²) >= 11 is 0. The van der Waals surface area contributed by atoms with Crippen molar-refractivity contribution in [2.24, 2.45) is 0 Å². The molecule has 0 bridgehead atoms. The van der Waals surface area contributed by atoms with Crippen molar-refractivity contribution in [2.45, 2.75) is 12.2 Å². The Kier molecular flexibility index (Phi) is 3.47. The van der Waals surface area contributed by atoms with E-state index in [0.717, 1.165) is 0 Å². The summed E-state index contributed by atoms with van der Waals surface area (Å²) < 4.78 is 4.45. The molecule has 0 saturated carbocycles. The van der Waals surface area contributed by atoms with Gasteiger partial charge >= 0.3 is 6.16 Å². The molecule has 1 fully saturated rings. The largest absolute Gasteiger partial charge is 0.506 e. The van der Waals surface area contributed by atoms with Crippen molar-refractivity contribution in [1.29, 1.82) is 0 Å². The first-order chi connectivity index (χ1) is 6.11. The minimum atomic E-state index is -1.28. The average Bonchev–Trinajstić information content (AvgIpc) is 1.99. The second kappa shape index (κ2) is 4.40. The summed E-state index contributed by atoms with van der Waals surface area (Å²) in [4.78, 5) is 11.8. The molecule has 13 heavy (non-hydrogen) atoms. The van der Waals surface area contributed by atoms with Crippen LogP contribution in [0.4, 0.5) is 4.79 Å². The van der Waals surface area contributed by atoms with E-state index in [9.17, 15) is 9.90 Å². The van der Waals surface area contributed by atoms with E-state index in [4.69, 9.17) is 10.2 Å². The average molecular weight is 190 g/mol. The number of rotatable bonds is 4. The number of ether oxygens (including phenoxy) is 1. The van der Waals surface area contributed by atoms with Gasteiger partial charge in [0.1, 0.15) is 12.7 Å². The molecule has 0 aliphatic carbocycles. The van der Waals surface area contributed by atoms with Crippen LogP contribution in [0.1, 0.15) is 0 Å². The van der Waals surface area contributed by atoms with Gasteiger partial charge in [-0.25, -0.2) is 9.90 Å². The monoisotopic (exact) mass is 190 g/mol. The fourth-order valence-corrected chi connectivity index (χ4v) is 1.24. The highest BCUT2D eigenvalue weighted by atomic mass is 16.7. The van der Waals surface area contributed by atoms with Gasteiger partial charge in [-0.3, -0.25) is 4.90 Å². The van der Waals surface area contributed by atoms with Crippen LogP contribution in [0, 0.1) is 0 Å². The van der Waals surface area contributed by atoms with Crippen molar-refractivity contribution >= 4 is 6.16 Å². The molecule has 1 saturated heterocycles. The third-order valence-corrected chi connectivity index (χ3v) is 1.85. The highest BCUT2D eigenvalue weighted by Gasteiger charge is 2.30.